The smallest absolute Gasteiger partial charge is 0.249 e. The minimum absolute atomic E-state index is 0.0176. The third-order valence-electron chi connectivity index (χ3n) is 2.19. The van der Waals surface area contributed by atoms with Gasteiger partial charge in [-0.3, -0.25) is 4.79 Å². The van der Waals surface area contributed by atoms with Crippen LogP contribution < -0.4 is 10.6 Å². The maximum Gasteiger partial charge on any atom is 0.249 e. The van der Waals surface area contributed by atoms with Gasteiger partial charge in [-0.2, -0.15) is 0 Å². The van der Waals surface area contributed by atoms with E-state index in [9.17, 15) is 4.79 Å². The van der Waals surface area contributed by atoms with E-state index < -0.39 is 0 Å². The Morgan fingerprint density at radius 1 is 1.57 bits per heavy atom. The fourth-order valence-corrected chi connectivity index (χ4v) is 1.11. The molecule has 1 rings (SSSR count). The van der Waals surface area contributed by atoms with Crippen LogP contribution in [0.15, 0.2) is 0 Å². The van der Waals surface area contributed by atoms with Crippen molar-refractivity contribution in [2.45, 2.75) is 38.8 Å². The quantitative estimate of drug-likeness (QED) is 0.580. The van der Waals surface area contributed by atoms with E-state index in [1.165, 1.54) is 0 Å². The van der Waals surface area contributed by atoms with Gasteiger partial charge in [0.05, 0.1) is 6.61 Å². The minimum atomic E-state index is -0.325. The zero-order valence-electron chi connectivity index (χ0n) is 9.01. The van der Waals surface area contributed by atoms with E-state index in [-0.39, 0.29) is 12.0 Å². The monoisotopic (exact) mass is 200 g/mol. The largest absolute Gasteiger partial charge is 0.367 e. The average molecular weight is 200 g/mol. The molecule has 0 aromatic heterocycles. The first kappa shape index (κ1) is 11.5. The highest BCUT2D eigenvalue weighted by molar-refractivity contribution is 5.80. The number of carbonyl (C=O) groups excluding carboxylic acids is 1. The molecule has 14 heavy (non-hydrogen) atoms. The molecule has 1 fully saturated rings. The van der Waals surface area contributed by atoms with Gasteiger partial charge in [-0.25, -0.2) is 0 Å². The van der Waals surface area contributed by atoms with Crippen LogP contribution >= 0.6 is 0 Å². The lowest BCUT2D eigenvalue weighted by Crippen LogP contribution is -2.37. The first-order valence-electron chi connectivity index (χ1n) is 5.36. The lowest BCUT2D eigenvalue weighted by atomic mass is 10.3. The van der Waals surface area contributed by atoms with E-state index >= 15 is 0 Å². The summed E-state index contributed by atoms with van der Waals surface area (Å²) in [6, 6.07) is 0.419. The summed E-state index contributed by atoms with van der Waals surface area (Å²) in [6.07, 6.45) is 1.92. The summed E-state index contributed by atoms with van der Waals surface area (Å²) in [4.78, 5) is 11.4. The Hall–Kier alpha value is -0.610. The zero-order valence-corrected chi connectivity index (χ0v) is 9.01. The number of nitrogens with one attached hydrogen (secondary N) is 2. The third-order valence-corrected chi connectivity index (χ3v) is 2.19. The third kappa shape index (κ3) is 4.58. The molecule has 0 bridgehead atoms. The second-order valence-corrected chi connectivity index (χ2v) is 3.65. The predicted molar refractivity (Wildman–Crippen MR) is 55.1 cm³/mol. The predicted octanol–water partition coefficient (Wildman–Crippen LogP) is 0.280. The van der Waals surface area contributed by atoms with Crippen LogP contribution in [0.2, 0.25) is 0 Å². The molecule has 1 atom stereocenters. The van der Waals surface area contributed by atoms with E-state index in [1.807, 2.05) is 6.92 Å². The Bertz CT molecular complexity index is 181. The second-order valence-electron chi connectivity index (χ2n) is 3.65. The van der Waals surface area contributed by atoms with Crippen LogP contribution in [0.1, 0.15) is 26.7 Å². The van der Waals surface area contributed by atoms with Gasteiger partial charge in [-0.1, -0.05) is 6.92 Å². The van der Waals surface area contributed by atoms with Crippen molar-refractivity contribution in [2.75, 3.05) is 19.7 Å². The molecule has 0 spiro atoms. The van der Waals surface area contributed by atoms with Crippen LogP contribution in [0.5, 0.6) is 0 Å². The Balaban J connectivity index is 2.00. The maximum atomic E-state index is 11.4. The number of amides is 1. The first-order valence-corrected chi connectivity index (χ1v) is 5.36. The molecule has 1 aliphatic carbocycles. The van der Waals surface area contributed by atoms with Crippen molar-refractivity contribution in [3.63, 3.8) is 0 Å². The van der Waals surface area contributed by atoms with Gasteiger partial charge in [0.15, 0.2) is 0 Å². The van der Waals surface area contributed by atoms with Crippen molar-refractivity contribution < 1.29 is 9.53 Å². The standard InChI is InChI=1S/C10H20N2O2/c1-3-11-6-7-14-8(2)10(13)12-9-4-5-9/h8-9,11H,3-7H2,1-2H3,(H,12,13). The highest BCUT2D eigenvalue weighted by atomic mass is 16.5. The van der Waals surface area contributed by atoms with Crippen molar-refractivity contribution in [1.29, 1.82) is 0 Å². The lowest BCUT2D eigenvalue weighted by Gasteiger charge is -2.12. The topological polar surface area (TPSA) is 50.4 Å². The van der Waals surface area contributed by atoms with Crippen molar-refractivity contribution >= 4 is 5.91 Å². The molecular formula is C10H20N2O2. The van der Waals surface area contributed by atoms with Crippen LogP contribution in [-0.4, -0.2) is 37.7 Å². The second kappa shape index (κ2) is 5.98. The average Bonchev–Trinajstić information content (AvgIpc) is 2.96. The fraction of sp³-hybridized carbons (Fsp3) is 0.900. The molecule has 4 heteroatoms. The summed E-state index contributed by atoms with van der Waals surface area (Å²) >= 11 is 0. The summed E-state index contributed by atoms with van der Waals surface area (Å²) in [6.45, 7) is 6.17. The molecule has 0 aromatic carbocycles. The van der Waals surface area contributed by atoms with E-state index in [1.54, 1.807) is 6.92 Å². The molecule has 0 aliphatic heterocycles. The molecule has 0 aromatic rings. The van der Waals surface area contributed by atoms with Gasteiger partial charge < -0.3 is 15.4 Å². The highest BCUT2D eigenvalue weighted by Crippen LogP contribution is 2.18. The van der Waals surface area contributed by atoms with Gasteiger partial charge in [-0.15, -0.1) is 0 Å². The van der Waals surface area contributed by atoms with E-state index in [0.717, 1.165) is 25.9 Å². The number of rotatable bonds is 7. The highest BCUT2D eigenvalue weighted by Gasteiger charge is 2.25. The van der Waals surface area contributed by atoms with Gasteiger partial charge >= 0.3 is 0 Å². The van der Waals surface area contributed by atoms with E-state index in [2.05, 4.69) is 10.6 Å². The molecular weight excluding hydrogens is 180 g/mol. The van der Waals surface area contributed by atoms with Crippen LogP contribution in [0.25, 0.3) is 0 Å². The van der Waals surface area contributed by atoms with Crippen molar-refractivity contribution in [1.82, 2.24) is 10.6 Å². The molecule has 4 nitrogen and oxygen atoms in total. The van der Waals surface area contributed by atoms with Crippen LogP contribution in [0, 0.1) is 0 Å². The summed E-state index contributed by atoms with van der Waals surface area (Å²) in [5, 5.41) is 6.05. The maximum absolute atomic E-state index is 11.4. The molecule has 1 saturated carbocycles. The number of likely N-dealkylation sites (N-methyl/N-ethyl adjacent to an activating group) is 1. The number of ether oxygens (including phenoxy) is 1. The van der Waals surface area contributed by atoms with Gasteiger partial charge in [-0.05, 0) is 26.3 Å². The molecule has 0 heterocycles. The van der Waals surface area contributed by atoms with Crippen molar-refractivity contribution in [3.05, 3.63) is 0 Å². The van der Waals surface area contributed by atoms with Crippen LogP contribution in [-0.2, 0) is 9.53 Å². The summed E-state index contributed by atoms with van der Waals surface area (Å²) in [7, 11) is 0. The summed E-state index contributed by atoms with van der Waals surface area (Å²) < 4.78 is 5.36. The van der Waals surface area contributed by atoms with Gasteiger partial charge in [0.25, 0.3) is 0 Å². The first-order chi connectivity index (χ1) is 6.74. The Labute approximate surface area is 85.4 Å². The summed E-state index contributed by atoms with van der Waals surface area (Å²) in [5.74, 6) is 0.0176. The van der Waals surface area contributed by atoms with Crippen LogP contribution in [0.4, 0.5) is 0 Å². The molecule has 0 saturated heterocycles. The minimum Gasteiger partial charge on any atom is -0.367 e. The molecule has 2 N–H and O–H groups in total. The van der Waals surface area contributed by atoms with Crippen molar-refractivity contribution in [2.24, 2.45) is 0 Å². The molecule has 1 unspecified atom stereocenters. The zero-order chi connectivity index (χ0) is 10.4. The van der Waals surface area contributed by atoms with E-state index in [4.69, 9.17) is 4.74 Å². The van der Waals surface area contributed by atoms with E-state index in [0.29, 0.717) is 12.6 Å². The van der Waals surface area contributed by atoms with Gasteiger partial charge in [0.1, 0.15) is 6.10 Å². The number of hydrogen-bond donors (Lipinski definition) is 2. The molecule has 1 amide bonds. The van der Waals surface area contributed by atoms with Crippen molar-refractivity contribution in [3.8, 4) is 0 Å². The normalized spacial score (nSPS) is 17.9. The lowest BCUT2D eigenvalue weighted by molar-refractivity contribution is -0.131. The summed E-state index contributed by atoms with van der Waals surface area (Å²) in [5.41, 5.74) is 0. The Morgan fingerprint density at radius 3 is 2.86 bits per heavy atom. The SMILES string of the molecule is CCNCCOC(C)C(=O)NC1CC1. The number of carbonyl (C=O) groups is 1. The van der Waals surface area contributed by atoms with Crippen LogP contribution in [0.3, 0.4) is 0 Å². The Morgan fingerprint density at radius 2 is 2.29 bits per heavy atom. The van der Waals surface area contributed by atoms with Gasteiger partial charge in [0, 0.05) is 12.6 Å². The number of hydrogen-bond acceptors (Lipinski definition) is 3. The molecule has 1 aliphatic rings. The fourth-order valence-electron chi connectivity index (χ4n) is 1.11. The Kier molecular flexibility index (Phi) is 4.90. The molecule has 0 radical (unpaired) electrons. The molecule has 82 valence electrons. The van der Waals surface area contributed by atoms with Gasteiger partial charge in [0.2, 0.25) is 5.91 Å².